The van der Waals surface area contributed by atoms with Crippen molar-refractivity contribution >= 4 is 17.3 Å². The fourth-order valence-electron chi connectivity index (χ4n) is 3.03. The molecule has 3 rings (SSSR count). The van der Waals surface area contributed by atoms with Crippen molar-refractivity contribution in [3.8, 4) is 6.07 Å². The van der Waals surface area contributed by atoms with E-state index in [9.17, 15) is 5.26 Å². The molecule has 0 spiro atoms. The Balaban J connectivity index is 2.08. The van der Waals surface area contributed by atoms with Crippen molar-refractivity contribution in [2.75, 3.05) is 18.0 Å². The van der Waals surface area contributed by atoms with Crippen LogP contribution in [0.15, 0.2) is 42.5 Å². The highest BCUT2D eigenvalue weighted by Gasteiger charge is 2.27. The third kappa shape index (κ3) is 2.49. The summed E-state index contributed by atoms with van der Waals surface area (Å²) in [6.45, 7) is 1.35. The number of benzene rings is 2. The van der Waals surface area contributed by atoms with Crippen LogP contribution in [0.1, 0.15) is 22.7 Å². The van der Waals surface area contributed by atoms with E-state index in [1.807, 2.05) is 12.1 Å². The van der Waals surface area contributed by atoms with E-state index in [-0.39, 0.29) is 6.04 Å². The number of fused-ring (bicyclic) bond motifs is 1. The molecule has 1 heterocycles. The van der Waals surface area contributed by atoms with Crippen LogP contribution in [-0.4, -0.2) is 13.1 Å². The van der Waals surface area contributed by atoms with Gasteiger partial charge in [0, 0.05) is 18.1 Å². The van der Waals surface area contributed by atoms with E-state index in [4.69, 9.17) is 17.3 Å². The van der Waals surface area contributed by atoms with Gasteiger partial charge < -0.3 is 10.6 Å². The van der Waals surface area contributed by atoms with Crippen LogP contribution in [0.4, 0.5) is 5.69 Å². The summed E-state index contributed by atoms with van der Waals surface area (Å²) >= 11 is 6.12. The van der Waals surface area contributed by atoms with Gasteiger partial charge in [-0.25, -0.2) is 0 Å². The molecule has 0 amide bonds. The number of nitrogens with two attached hydrogens (primary N) is 1. The summed E-state index contributed by atoms with van der Waals surface area (Å²) in [7, 11) is 0. The van der Waals surface area contributed by atoms with Crippen molar-refractivity contribution in [2.45, 2.75) is 12.5 Å². The van der Waals surface area contributed by atoms with Crippen molar-refractivity contribution in [1.82, 2.24) is 0 Å². The molecule has 3 nitrogen and oxygen atoms in total. The van der Waals surface area contributed by atoms with E-state index in [0.29, 0.717) is 17.1 Å². The fraction of sp³-hybridized carbons (Fsp3) is 0.235. The minimum absolute atomic E-state index is 0.0838. The molecule has 0 saturated carbocycles. The first-order valence-corrected chi connectivity index (χ1v) is 7.36. The molecular formula is C17H16ClN3. The Morgan fingerprint density at radius 3 is 2.86 bits per heavy atom. The Kier molecular flexibility index (Phi) is 3.83. The minimum atomic E-state index is 0.0838. The second-order valence-corrected chi connectivity index (χ2v) is 5.60. The van der Waals surface area contributed by atoms with Gasteiger partial charge in [-0.2, -0.15) is 5.26 Å². The topological polar surface area (TPSA) is 53.0 Å². The third-order valence-electron chi connectivity index (χ3n) is 4.03. The maximum atomic E-state index is 9.34. The number of anilines is 1. The van der Waals surface area contributed by atoms with Gasteiger partial charge in [0.25, 0.3) is 0 Å². The first-order valence-electron chi connectivity index (χ1n) is 6.98. The Morgan fingerprint density at radius 1 is 1.29 bits per heavy atom. The average molecular weight is 298 g/mol. The van der Waals surface area contributed by atoms with Crippen molar-refractivity contribution in [1.29, 1.82) is 5.26 Å². The molecule has 1 aliphatic rings. The molecule has 1 unspecified atom stereocenters. The summed E-state index contributed by atoms with van der Waals surface area (Å²) in [4.78, 5) is 2.20. The predicted molar refractivity (Wildman–Crippen MR) is 85.5 cm³/mol. The smallest absolute Gasteiger partial charge is 0.101 e. The van der Waals surface area contributed by atoms with Crippen LogP contribution in [0.3, 0.4) is 0 Å². The van der Waals surface area contributed by atoms with Crippen LogP contribution in [0.2, 0.25) is 5.02 Å². The molecule has 2 aromatic carbocycles. The zero-order valence-corrected chi connectivity index (χ0v) is 12.3. The van der Waals surface area contributed by atoms with E-state index < -0.39 is 0 Å². The van der Waals surface area contributed by atoms with Crippen LogP contribution in [-0.2, 0) is 6.42 Å². The van der Waals surface area contributed by atoms with Gasteiger partial charge in [0.05, 0.1) is 17.3 Å². The van der Waals surface area contributed by atoms with Crippen molar-refractivity contribution in [3.63, 3.8) is 0 Å². The average Bonchev–Trinajstić information content (AvgIpc) is 2.53. The molecule has 2 N–H and O–H groups in total. The first-order chi connectivity index (χ1) is 10.2. The Labute approximate surface area is 129 Å². The standard InChI is InChI=1S/C17H16ClN3/c18-14-6-5-13(10-19)16(9-14)21-8-7-12-3-1-2-4-15(12)17(21)11-20/h1-6,9,17H,7-8,11,20H2. The molecular weight excluding hydrogens is 282 g/mol. The maximum absolute atomic E-state index is 9.34. The number of halogens is 1. The normalized spacial score (nSPS) is 17.2. The fourth-order valence-corrected chi connectivity index (χ4v) is 3.20. The number of nitrogens with zero attached hydrogens (tertiary/aromatic N) is 2. The van der Waals surface area contributed by atoms with Crippen molar-refractivity contribution < 1.29 is 0 Å². The molecule has 0 radical (unpaired) electrons. The van der Waals surface area contributed by atoms with Gasteiger partial charge in [0.15, 0.2) is 0 Å². The quantitative estimate of drug-likeness (QED) is 0.925. The SMILES string of the molecule is N#Cc1ccc(Cl)cc1N1CCc2ccccc2C1CN. The van der Waals surface area contributed by atoms with Gasteiger partial charge in [-0.05, 0) is 35.7 Å². The lowest BCUT2D eigenvalue weighted by atomic mass is 9.91. The van der Waals surface area contributed by atoms with Crippen molar-refractivity contribution in [3.05, 3.63) is 64.2 Å². The van der Waals surface area contributed by atoms with E-state index >= 15 is 0 Å². The lowest BCUT2D eigenvalue weighted by Gasteiger charge is -2.39. The summed E-state index contributed by atoms with van der Waals surface area (Å²) in [5.41, 5.74) is 10.1. The molecule has 0 fully saturated rings. The van der Waals surface area contributed by atoms with Crippen LogP contribution >= 0.6 is 11.6 Å². The molecule has 21 heavy (non-hydrogen) atoms. The maximum Gasteiger partial charge on any atom is 0.101 e. The summed E-state index contributed by atoms with van der Waals surface area (Å²) in [6, 6.07) is 16.1. The third-order valence-corrected chi connectivity index (χ3v) is 4.26. The number of rotatable bonds is 2. The molecule has 0 saturated heterocycles. The Morgan fingerprint density at radius 2 is 2.10 bits per heavy atom. The van der Waals surface area contributed by atoms with E-state index in [1.54, 1.807) is 12.1 Å². The summed E-state index contributed by atoms with van der Waals surface area (Å²) in [6.07, 6.45) is 0.948. The predicted octanol–water partition coefficient (Wildman–Crippen LogP) is 3.27. The molecule has 4 heteroatoms. The number of hydrogen-bond donors (Lipinski definition) is 1. The Bertz CT molecular complexity index is 705. The summed E-state index contributed by atoms with van der Waals surface area (Å²) in [5, 5.41) is 9.98. The lowest BCUT2D eigenvalue weighted by molar-refractivity contribution is 0.590. The van der Waals surface area contributed by atoms with Gasteiger partial charge in [0.2, 0.25) is 0 Å². The highest BCUT2D eigenvalue weighted by molar-refractivity contribution is 6.30. The summed E-state index contributed by atoms with van der Waals surface area (Å²) in [5.74, 6) is 0. The monoisotopic (exact) mass is 297 g/mol. The zero-order valence-electron chi connectivity index (χ0n) is 11.6. The summed E-state index contributed by atoms with van der Waals surface area (Å²) < 4.78 is 0. The van der Waals surface area contributed by atoms with Crippen LogP contribution in [0, 0.1) is 11.3 Å². The van der Waals surface area contributed by atoms with Gasteiger partial charge in [-0.1, -0.05) is 35.9 Å². The molecule has 0 aromatic heterocycles. The molecule has 2 aromatic rings. The van der Waals surface area contributed by atoms with E-state index in [1.165, 1.54) is 11.1 Å². The zero-order chi connectivity index (χ0) is 14.8. The molecule has 106 valence electrons. The first kappa shape index (κ1) is 13.9. The van der Waals surface area contributed by atoms with Crippen LogP contribution in [0.25, 0.3) is 0 Å². The number of nitriles is 1. The highest BCUT2D eigenvalue weighted by atomic mass is 35.5. The van der Waals surface area contributed by atoms with Crippen molar-refractivity contribution in [2.24, 2.45) is 5.73 Å². The second-order valence-electron chi connectivity index (χ2n) is 5.17. The lowest BCUT2D eigenvalue weighted by Crippen LogP contribution is -2.39. The van der Waals surface area contributed by atoms with E-state index in [0.717, 1.165) is 18.7 Å². The molecule has 1 atom stereocenters. The van der Waals surface area contributed by atoms with Crippen LogP contribution in [0.5, 0.6) is 0 Å². The van der Waals surface area contributed by atoms with Gasteiger partial charge >= 0.3 is 0 Å². The number of hydrogen-bond acceptors (Lipinski definition) is 3. The van der Waals surface area contributed by atoms with E-state index in [2.05, 4.69) is 29.2 Å². The minimum Gasteiger partial charge on any atom is -0.362 e. The molecule has 0 aliphatic carbocycles. The van der Waals surface area contributed by atoms with Gasteiger partial charge in [-0.3, -0.25) is 0 Å². The highest BCUT2D eigenvalue weighted by Crippen LogP contribution is 2.35. The van der Waals surface area contributed by atoms with Crippen LogP contribution < -0.4 is 10.6 Å². The van der Waals surface area contributed by atoms with Gasteiger partial charge in [-0.15, -0.1) is 0 Å². The molecule has 1 aliphatic heterocycles. The Hall–Kier alpha value is -2.02. The second kappa shape index (κ2) is 5.77. The molecule has 0 bridgehead atoms. The largest absolute Gasteiger partial charge is 0.362 e. The van der Waals surface area contributed by atoms with Gasteiger partial charge in [0.1, 0.15) is 6.07 Å².